The fraction of sp³-hybridized carbons (Fsp3) is 0.615. The van der Waals surface area contributed by atoms with E-state index in [-0.39, 0.29) is 17.6 Å². The smallest absolute Gasteiger partial charge is 0.106 e. The fourth-order valence-electron chi connectivity index (χ4n) is 2.21. The zero-order chi connectivity index (χ0) is 12.5. The molecule has 2 aliphatic rings. The summed E-state index contributed by atoms with van der Waals surface area (Å²) in [4.78, 5) is 0. The summed E-state index contributed by atoms with van der Waals surface area (Å²) < 4.78 is 10.8. The van der Waals surface area contributed by atoms with Gasteiger partial charge in [-0.3, -0.25) is 0 Å². The van der Waals surface area contributed by atoms with E-state index in [2.05, 4.69) is 36.5 Å². The summed E-state index contributed by atoms with van der Waals surface area (Å²) in [5, 5.41) is 4.38. The average Bonchev–Trinajstić information content (AvgIpc) is 2.68. The lowest BCUT2D eigenvalue weighted by Crippen LogP contribution is -2.32. The van der Waals surface area contributed by atoms with Crippen LogP contribution in [0.3, 0.4) is 0 Å². The van der Waals surface area contributed by atoms with E-state index in [9.17, 15) is 0 Å². The first-order chi connectivity index (χ1) is 8.08. The maximum atomic E-state index is 5.42. The Kier molecular flexibility index (Phi) is 3.35. The molecule has 4 heteroatoms. The van der Waals surface area contributed by atoms with Gasteiger partial charge in [0.25, 0.3) is 0 Å². The number of hydrazone groups is 1. The predicted octanol–water partition coefficient (Wildman–Crippen LogP) is 1.50. The summed E-state index contributed by atoms with van der Waals surface area (Å²) >= 11 is 0. The van der Waals surface area contributed by atoms with Crippen LogP contribution in [0.4, 0.5) is 0 Å². The van der Waals surface area contributed by atoms with Crippen molar-refractivity contribution in [2.45, 2.75) is 26.1 Å². The summed E-state index contributed by atoms with van der Waals surface area (Å²) in [7, 11) is 3.39. The number of rotatable bonds is 3. The standard InChI is InChI=1S/C13H20N2O2/c1-13(2)8-14-15-12(13)9-5-6-10(16-3)11(7-9)17-4/h5-7,10-11,14H,8H2,1-4H3. The Bertz CT molecular complexity index is 383. The second-order valence-corrected chi connectivity index (χ2v) is 5.06. The molecule has 1 N–H and O–H groups in total. The van der Waals surface area contributed by atoms with Crippen molar-refractivity contribution in [3.63, 3.8) is 0 Å². The summed E-state index contributed by atoms with van der Waals surface area (Å²) in [5.41, 5.74) is 5.34. The van der Waals surface area contributed by atoms with Gasteiger partial charge in [0.2, 0.25) is 0 Å². The first-order valence-corrected chi connectivity index (χ1v) is 5.85. The highest BCUT2D eigenvalue weighted by molar-refractivity contribution is 6.07. The van der Waals surface area contributed by atoms with Crippen LogP contribution in [-0.4, -0.2) is 38.7 Å². The number of ether oxygens (including phenoxy) is 2. The molecule has 0 saturated heterocycles. The van der Waals surface area contributed by atoms with Crippen LogP contribution < -0.4 is 5.43 Å². The largest absolute Gasteiger partial charge is 0.374 e. The van der Waals surface area contributed by atoms with Gasteiger partial charge in [0.15, 0.2) is 0 Å². The van der Waals surface area contributed by atoms with Crippen LogP contribution in [0.15, 0.2) is 28.9 Å². The second kappa shape index (κ2) is 4.63. The molecule has 0 fully saturated rings. The minimum Gasteiger partial charge on any atom is -0.374 e. The van der Waals surface area contributed by atoms with Crippen LogP contribution in [-0.2, 0) is 9.47 Å². The van der Waals surface area contributed by atoms with Gasteiger partial charge < -0.3 is 14.9 Å². The Morgan fingerprint density at radius 1 is 1.29 bits per heavy atom. The lowest BCUT2D eigenvalue weighted by atomic mass is 9.82. The number of nitrogens with zero attached hydrogens (tertiary/aromatic N) is 1. The third-order valence-corrected chi connectivity index (χ3v) is 3.30. The highest BCUT2D eigenvalue weighted by Crippen LogP contribution is 2.29. The van der Waals surface area contributed by atoms with Crippen LogP contribution in [0.2, 0.25) is 0 Å². The molecule has 0 radical (unpaired) electrons. The number of allylic oxidation sites excluding steroid dienone is 2. The van der Waals surface area contributed by atoms with E-state index in [0.717, 1.165) is 17.8 Å². The predicted molar refractivity (Wildman–Crippen MR) is 68.0 cm³/mol. The van der Waals surface area contributed by atoms with Gasteiger partial charge in [-0.1, -0.05) is 26.0 Å². The van der Waals surface area contributed by atoms with Gasteiger partial charge in [-0.05, 0) is 11.6 Å². The highest BCUT2D eigenvalue weighted by atomic mass is 16.5. The van der Waals surface area contributed by atoms with Crippen molar-refractivity contribution in [1.82, 2.24) is 5.43 Å². The van der Waals surface area contributed by atoms with Gasteiger partial charge in [-0.2, -0.15) is 5.10 Å². The molecule has 2 atom stereocenters. The number of nitrogens with one attached hydrogen (secondary N) is 1. The molecule has 0 aromatic heterocycles. The normalized spacial score (nSPS) is 30.8. The van der Waals surface area contributed by atoms with E-state index in [1.165, 1.54) is 0 Å². The molecule has 0 bridgehead atoms. The van der Waals surface area contributed by atoms with Crippen molar-refractivity contribution >= 4 is 5.71 Å². The number of hydrogen-bond acceptors (Lipinski definition) is 4. The molecule has 0 amide bonds. The molecule has 1 heterocycles. The lowest BCUT2D eigenvalue weighted by Gasteiger charge is -2.26. The molecule has 0 aromatic rings. The molecule has 2 unspecified atom stereocenters. The Morgan fingerprint density at radius 3 is 2.53 bits per heavy atom. The van der Waals surface area contributed by atoms with Crippen LogP contribution in [0, 0.1) is 5.41 Å². The molecule has 94 valence electrons. The fourth-order valence-corrected chi connectivity index (χ4v) is 2.21. The van der Waals surface area contributed by atoms with Crippen LogP contribution >= 0.6 is 0 Å². The molecule has 0 aromatic carbocycles. The SMILES string of the molecule is COC1C=CC(C2=NNCC2(C)C)=CC1OC. The topological polar surface area (TPSA) is 42.8 Å². The zero-order valence-corrected chi connectivity index (χ0v) is 10.9. The number of hydrogen-bond donors (Lipinski definition) is 1. The third kappa shape index (κ3) is 2.28. The van der Waals surface area contributed by atoms with Crippen molar-refractivity contribution in [3.8, 4) is 0 Å². The van der Waals surface area contributed by atoms with Crippen LogP contribution in [0.1, 0.15) is 13.8 Å². The number of methoxy groups -OCH3 is 2. The van der Waals surface area contributed by atoms with Crippen molar-refractivity contribution in [3.05, 3.63) is 23.8 Å². The van der Waals surface area contributed by atoms with E-state index in [1.807, 2.05) is 6.08 Å². The van der Waals surface area contributed by atoms with Gasteiger partial charge in [-0.25, -0.2) is 0 Å². The van der Waals surface area contributed by atoms with E-state index in [0.29, 0.717) is 0 Å². The lowest BCUT2D eigenvalue weighted by molar-refractivity contribution is 0.0137. The molecule has 4 nitrogen and oxygen atoms in total. The van der Waals surface area contributed by atoms with Crippen molar-refractivity contribution in [2.24, 2.45) is 10.5 Å². The molecule has 0 spiro atoms. The van der Waals surface area contributed by atoms with Gasteiger partial charge in [0.05, 0.1) is 5.71 Å². The van der Waals surface area contributed by atoms with E-state index >= 15 is 0 Å². The monoisotopic (exact) mass is 236 g/mol. The minimum absolute atomic E-state index is 0.0122. The van der Waals surface area contributed by atoms with Gasteiger partial charge in [0.1, 0.15) is 12.2 Å². The Hall–Kier alpha value is -1.13. The Morgan fingerprint density at radius 2 is 2.00 bits per heavy atom. The highest BCUT2D eigenvalue weighted by Gasteiger charge is 2.33. The van der Waals surface area contributed by atoms with Gasteiger partial charge in [-0.15, -0.1) is 0 Å². The molecule has 0 saturated carbocycles. The van der Waals surface area contributed by atoms with Crippen molar-refractivity contribution in [1.29, 1.82) is 0 Å². The summed E-state index contributed by atoms with van der Waals surface area (Å²) in [6.07, 6.45) is 6.13. The Balaban J connectivity index is 2.24. The zero-order valence-electron chi connectivity index (χ0n) is 10.9. The summed E-state index contributed by atoms with van der Waals surface area (Å²) in [6, 6.07) is 0. The molecule has 1 aliphatic carbocycles. The summed E-state index contributed by atoms with van der Waals surface area (Å²) in [5.74, 6) is 0. The maximum absolute atomic E-state index is 5.42. The van der Waals surface area contributed by atoms with Crippen LogP contribution in [0.5, 0.6) is 0 Å². The Labute approximate surface area is 102 Å². The minimum atomic E-state index is -0.0425. The van der Waals surface area contributed by atoms with Crippen LogP contribution in [0.25, 0.3) is 0 Å². The van der Waals surface area contributed by atoms with Crippen molar-refractivity contribution in [2.75, 3.05) is 20.8 Å². The van der Waals surface area contributed by atoms with Crippen molar-refractivity contribution < 1.29 is 9.47 Å². The average molecular weight is 236 g/mol. The van der Waals surface area contributed by atoms with E-state index in [4.69, 9.17) is 9.47 Å². The second-order valence-electron chi connectivity index (χ2n) is 5.06. The first-order valence-electron chi connectivity index (χ1n) is 5.85. The quantitative estimate of drug-likeness (QED) is 0.807. The third-order valence-electron chi connectivity index (χ3n) is 3.30. The van der Waals surface area contributed by atoms with Gasteiger partial charge >= 0.3 is 0 Å². The molecule has 17 heavy (non-hydrogen) atoms. The van der Waals surface area contributed by atoms with E-state index < -0.39 is 0 Å². The molecular formula is C13H20N2O2. The summed E-state index contributed by atoms with van der Waals surface area (Å²) in [6.45, 7) is 5.24. The molecular weight excluding hydrogens is 216 g/mol. The maximum Gasteiger partial charge on any atom is 0.106 e. The first kappa shape index (κ1) is 12.3. The molecule has 1 aliphatic heterocycles. The van der Waals surface area contributed by atoms with Gasteiger partial charge in [0, 0.05) is 26.2 Å². The van der Waals surface area contributed by atoms with E-state index in [1.54, 1.807) is 14.2 Å². The molecule has 2 rings (SSSR count).